The van der Waals surface area contributed by atoms with Crippen molar-refractivity contribution in [3.05, 3.63) is 54.1 Å². The number of carbonyl (C=O) groups excluding carboxylic acids is 1. The predicted octanol–water partition coefficient (Wildman–Crippen LogP) is 2.95. The van der Waals surface area contributed by atoms with Gasteiger partial charge in [-0.25, -0.2) is 0 Å². The van der Waals surface area contributed by atoms with Crippen LogP contribution >= 0.6 is 0 Å². The summed E-state index contributed by atoms with van der Waals surface area (Å²) in [5.41, 5.74) is 1.08. The van der Waals surface area contributed by atoms with Crippen molar-refractivity contribution in [2.45, 2.75) is 25.6 Å². The minimum absolute atomic E-state index is 0.160. The van der Waals surface area contributed by atoms with Gasteiger partial charge in [-0.15, -0.1) is 0 Å². The van der Waals surface area contributed by atoms with Crippen molar-refractivity contribution in [3.8, 4) is 17.2 Å². The van der Waals surface area contributed by atoms with Gasteiger partial charge in [-0.05, 0) is 36.5 Å². The molecule has 4 rings (SSSR count). The largest absolute Gasteiger partial charge is 0.489 e. The molecule has 2 heterocycles. The zero-order chi connectivity index (χ0) is 19.2. The summed E-state index contributed by atoms with van der Waals surface area (Å²) in [5, 5.41) is 2.96. The highest BCUT2D eigenvalue weighted by molar-refractivity contribution is 5.81. The molecule has 0 aromatic heterocycles. The van der Waals surface area contributed by atoms with Crippen LogP contribution in [-0.4, -0.2) is 38.4 Å². The fourth-order valence-electron chi connectivity index (χ4n) is 3.34. The van der Waals surface area contributed by atoms with Gasteiger partial charge in [0.05, 0.1) is 6.61 Å². The third-order valence-corrected chi connectivity index (χ3v) is 4.93. The highest BCUT2D eigenvalue weighted by Gasteiger charge is 2.28. The number of hydrogen-bond acceptors (Lipinski definition) is 5. The van der Waals surface area contributed by atoms with Gasteiger partial charge in [0.1, 0.15) is 19.0 Å². The smallest absolute Gasteiger partial charge is 0.264 e. The lowest BCUT2D eigenvalue weighted by Gasteiger charge is -2.27. The van der Waals surface area contributed by atoms with Gasteiger partial charge in [-0.2, -0.15) is 0 Å². The molecule has 2 aromatic carbocycles. The average molecular weight is 383 g/mol. The Hall–Kier alpha value is -2.73. The number of carbonyl (C=O) groups is 1. The Bertz CT molecular complexity index is 789. The number of nitrogens with one attached hydrogen (secondary N) is 1. The van der Waals surface area contributed by atoms with Crippen molar-refractivity contribution in [3.63, 3.8) is 0 Å². The zero-order valence-electron chi connectivity index (χ0n) is 15.8. The third kappa shape index (κ3) is 4.75. The van der Waals surface area contributed by atoms with Crippen LogP contribution in [0.3, 0.4) is 0 Å². The Morgan fingerprint density at radius 3 is 2.82 bits per heavy atom. The average Bonchev–Trinajstić information content (AvgIpc) is 2.77. The molecule has 2 aliphatic rings. The van der Waals surface area contributed by atoms with Crippen molar-refractivity contribution < 1.29 is 23.7 Å². The van der Waals surface area contributed by atoms with E-state index in [9.17, 15) is 4.79 Å². The summed E-state index contributed by atoms with van der Waals surface area (Å²) in [4.78, 5) is 12.5. The monoisotopic (exact) mass is 383 g/mol. The fraction of sp³-hybridized carbons (Fsp3) is 0.409. The highest BCUT2D eigenvalue weighted by Crippen LogP contribution is 2.35. The van der Waals surface area contributed by atoms with Crippen LogP contribution in [0, 0.1) is 5.92 Å². The summed E-state index contributed by atoms with van der Waals surface area (Å²) in [5.74, 6) is 2.03. The molecule has 2 aliphatic heterocycles. The Balaban J connectivity index is 1.32. The molecule has 1 N–H and O–H groups in total. The molecule has 0 bridgehead atoms. The summed E-state index contributed by atoms with van der Waals surface area (Å²) in [7, 11) is 0. The normalized spacial score (nSPS) is 21.0. The fourth-order valence-corrected chi connectivity index (χ4v) is 3.34. The maximum Gasteiger partial charge on any atom is 0.264 e. The van der Waals surface area contributed by atoms with Gasteiger partial charge in [0.15, 0.2) is 11.5 Å². The van der Waals surface area contributed by atoms with E-state index in [1.807, 2.05) is 42.5 Å². The maximum atomic E-state index is 12.5. The van der Waals surface area contributed by atoms with Gasteiger partial charge in [-0.1, -0.05) is 30.3 Å². The van der Waals surface area contributed by atoms with E-state index < -0.39 is 6.10 Å². The Labute approximate surface area is 164 Å². The molecule has 6 nitrogen and oxygen atoms in total. The zero-order valence-corrected chi connectivity index (χ0v) is 15.8. The molecule has 148 valence electrons. The third-order valence-electron chi connectivity index (χ3n) is 4.93. The second-order valence-corrected chi connectivity index (χ2v) is 7.13. The first-order chi connectivity index (χ1) is 13.8. The summed E-state index contributed by atoms with van der Waals surface area (Å²) < 4.78 is 22.9. The van der Waals surface area contributed by atoms with E-state index >= 15 is 0 Å². The first-order valence-corrected chi connectivity index (χ1v) is 9.73. The van der Waals surface area contributed by atoms with Crippen molar-refractivity contribution in [2.75, 3.05) is 26.4 Å². The van der Waals surface area contributed by atoms with Crippen molar-refractivity contribution in [1.29, 1.82) is 0 Å². The molecule has 0 radical (unpaired) electrons. The van der Waals surface area contributed by atoms with Gasteiger partial charge in [0, 0.05) is 19.2 Å². The molecular formula is C22H25NO5. The van der Waals surface area contributed by atoms with Crippen LogP contribution in [0.25, 0.3) is 0 Å². The van der Waals surface area contributed by atoms with E-state index in [0.717, 1.165) is 25.0 Å². The molecule has 0 spiro atoms. The molecule has 2 atom stereocenters. The Morgan fingerprint density at radius 2 is 2.00 bits per heavy atom. The van der Waals surface area contributed by atoms with Gasteiger partial charge in [0.25, 0.3) is 5.91 Å². The van der Waals surface area contributed by atoms with E-state index in [2.05, 4.69) is 5.32 Å². The van der Waals surface area contributed by atoms with Crippen LogP contribution in [0.4, 0.5) is 0 Å². The standard InChI is InChI=1S/C22H25NO5/c24-22(23-12-17-7-4-10-25-13-17)21-15-27-19-9-8-18(11-20(19)28-21)26-14-16-5-2-1-3-6-16/h1-3,5-6,8-9,11,17,21H,4,7,10,12-15H2,(H,23,24). The molecule has 1 saturated heterocycles. The number of amides is 1. The Morgan fingerprint density at radius 1 is 1.11 bits per heavy atom. The van der Waals surface area contributed by atoms with Gasteiger partial charge in [-0.3, -0.25) is 4.79 Å². The summed E-state index contributed by atoms with van der Waals surface area (Å²) in [6.07, 6.45) is 1.46. The minimum atomic E-state index is -0.665. The maximum absolute atomic E-state index is 12.5. The van der Waals surface area contributed by atoms with Crippen LogP contribution in [-0.2, 0) is 16.1 Å². The highest BCUT2D eigenvalue weighted by atomic mass is 16.6. The van der Waals surface area contributed by atoms with Crippen LogP contribution in [0.5, 0.6) is 17.2 Å². The van der Waals surface area contributed by atoms with E-state index in [4.69, 9.17) is 18.9 Å². The minimum Gasteiger partial charge on any atom is -0.489 e. The van der Waals surface area contributed by atoms with Gasteiger partial charge >= 0.3 is 0 Å². The number of hydrogen-bond donors (Lipinski definition) is 1. The quantitative estimate of drug-likeness (QED) is 0.831. The molecule has 0 aliphatic carbocycles. The molecule has 28 heavy (non-hydrogen) atoms. The van der Waals surface area contributed by atoms with Gasteiger partial charge in [0.2, 0.25) is 6.10 Å². The number of ether oxygens (including phenoxy) is 4. The summed E-state index contributed by atoms with van der Waals surface area (Å²) in [6, 6.07) is 15.4. The number of fused-ring (bicyclic) bond motifs is 1. The van der Waals surface area contributed by atoms with Crippen molar-refractivity contribution >= 4 is 5.91 Å². The first-order valence-electron chi connectivity index (χ1n) is 9.73. The lowest BCUT2D eigenvalue weighted by Crippen LogP contribution is -2.46. The summed E-state index contributed by atoms with van der Waals surface area (Å²) >= 11 is 0. The van der Waals surface area contributed by atoms with Crippen molar-refractivity contribution in [2.24, 2.45) is 5.92 Å². The lowest BCUT2D eigenvalue weighted by molar-refractivity contribution is -0.130. The predicted molar refractivity (Wildman–Crippen MR) is 104 cm³/mol. The van der Waals surface area contributed by atoms with Crippen LogP contribution in [0.1, 0.15) is 18.4 Å². The molecule has 0 saturated carbocycles. The van der Waals surface area contributed by atoms with Crippen LogP contribution in [0.15, 0.2) is 48.5 Å². The summed E-state index contributed by atoms with van der Waals surface area (Å²) in [6.45, 7) is 2.78. The van der Waals surface area contributed by atoms with Crippen molar-refractivity contribution in [1.82, 2.24) is 5.32 Å². The number of benzene rings is 2. The van der Waals surface area contributed by atoms with Gasteiger partial charge < -0.3 is 24.3 Å². The van der Waals surface area contributed by atoms with E-state index in [0.29, 0.717) is 42.9 Å². The van der Waals surface area contributed by atoms with Crippen LogP contribution < -0.4 is 19.5 Å². The topological polar surface area (TPSA) is 66.0 Å². The molecular weight excluding hydrogens is 358 g/mol. The van der Waals surface area contributed by atoms with E-state index in [1.165, 1.54) is 0 Å². The molecule has 1 fully saturated rings. The molecule has 6 heteroatoms. The van der Waals surface area contributed by atoms with E-state index in [-0.39, 0.29) is 12.5 Å². The van der Waals surface area contributed by atoms with Crippen LogP contribution in [0.2, 0.25) is 0 Å². The Kier molecular flexibility index (Phi) is 5.97. The molecule has 1 amide bonds. The second kappa shape index (κ2) is 8.97. The SMILES string of the molecule is O=C(NCC1CCCOC1)C1COc2ccc(OCc3ccccc3)cc2O1. The van der Waals surface area contributed by atoms with E-state index in [1.54, 1.807) is 6.07 Å². The second-order valence-electron chi connectivity index (χ2n) is 7.13. The lowest BCUT2D eigenvalue weighted by atomic mass is 10.0. The molecule has 2 unspecified atom stereocenters. The number of rotatable bonds is 6. The first kappa shape index (κ1) is 18.6. The molecule has 2 aromatic rings.